The van der Waals surface area contributed by atoms with Gasteiger partial charge in [-0.1, -0.05) is 35.3 Å². The van der Waals surface area contributed by atoms with Crippen LogP contribution < -0.4 is 19.8 Å². The van der Waals surface area contributed by atoms with Gasteiger partial charge in [0.05, 0.1) is 41.1 Å². The lowest BCUT2D eigenvalue weighted by atomic mass is 9.95. The zero-order valence-electron chi connectivity index (χ0n) is 28.7. The van der Waals surface area contributed by atoms with Crippen molar-refractivity contribution in [1.82, 2.24) is 19.8 Å². The summed E-state index contributed by atoms with van der Waals surface area (Å²) < 4.78 is 31.0. The molecule has 2 saturated heterocycles. The van der Waals surface area contributed by atoms with Gasteiger partial charge in [0.25, 0.3) is 0 Å². The van der Waals surface area contributed by atoms with Gasteiger partial charge in [0.1, 0.15) is 10.6 Å². The molecule has 0 saturated carbocycles. The van der Waals surface area contributed by atoms with Crippen molar-refractivity contribution in [1.29, 1.82) is 0 Å². The first-order valence-corrected chi connectivity index (χ1v) is 19.1. The van der Waals surface area contributed by atoms with Crippen LogP contribution in [0.3, 0.4) is 0 Å². The lowest BCUT2D eigenvalue weighted by Gasteiger charge is -2.39. The second-order valence-electron chi connectivity index (χ2n) is 13.6. The molecule has 2 fully saturated rings. The molecule has 0 aliphatic carbocycles. The van der Waals surface area contributed by atoms with Gasteiger partial charge >= 0.3 is 5.97 Å². The zero-order valence-corrected chi connectivity index (χ0v) is 31.1. The van der Waals surface area contributed by atoms with Crippen LogP contribution in [0.25, 0.3) is 0 Å². The summed E-state index contributed by atoms with van der Waals surface area (Å²) in [6.07, 6.45) is 4.82. The van der Waals surface area contributed by atoms with E-state index in [0.717, 1.165) is 70.6 Å². The van der Waals surface area contributed by atoms with E-state index in [1.165, 1.54) is 17.5 Å². The van der Waals surface area contributed by atoms with E-state index >= 15 is 0 Å². The van der Waals surface area contributed by atoms with Crippen LogP contribution in [0.4, 0.5) is 34.5 Å². The maximum atomic E-state index is 12.2. The molecule has 0 atom stereocenters. The Morgan fingerprint density at radius 3 is 2.29 bits per heavy atom. The summed E-state index contributed by atoms with van der Waals surface area (Å²) in [5.74, 6) is 1.07. The highest BCUT2D eigenvalue weighted by Gasteiger charge is 2.26. The van der Waals surface area contributed by atoms with E-state index in [-0.39, 0.29) is 16.9 Å². The third-order valence-electron chi connectivity index (χ3n) is 8.67. The van der Waals surface area contributed by atoms with Crippen LogP contribution in [0.5, 0.6) is 0 Å². The molecule has 0 amide bonds. The van der Waals surface area contributed by atoms with E-state index in [9.17, 15) is 13.2 Å². The van der Waals surface area contributed by atoms with Crippen molar-refractivity contribution in [2.45, 2.75) is 39.2 Å². The molecule has 49 heavy (non-hydrogen) atoms. The number of carbonyl (C=O) groups excluding carboxylic acids is 1. The molecule has 0 bridgehead atoms. The van der Waals surface area contributed by atoms with Crippen molar-refractivity contribution in [3.63, 3.8) is 0 Å². The third kappa shape index (κ3) is 10.3. The highest BCUT2D eigenvalue weighted by Crippen LogP contribution is 2.34. The summed E-state index contributed by atoms with van der Waals surface area (Å²) in [6, 6.07) is 12.9. The van der Waals surface area contributed by atoms with Gasteiger partial charge in [-0.15, -0.1) is 0 Å². The second-order valence-corrected chi connectivity index (χ2v) is 16.5. The van der Waals surface area contributed by atoms with Crippen molar-refractivity contribution in [2.75, 3.05) is 85.5 Å². The number of ether oxygens (including phenoxy) is 1. The van der Waals surface area contributed by atoms with E-state index in [1.807, 2.05) is 39.0 Å². The third-order valence-corrected chi connectivity index (χ3v) is 10.5. The van der Waals surface area contributed by atoms with Crippen LogP contribution in [0.1, 0.15) is 33.6 Å². The minimum absolute atomic E-state index is 0.155. The maximum absolute atomic E-state index is 12.2. The molecule has 0 unspecified atom stereocenters. The summed E-state index contributed by atoms with van der Waals surface area (Å²) in [5.41, 5.74) is 2.23. The number of carbonyl (C=O) groups is 1. The van der Waals surface area contributed by atoms with Crippen LogP contribution in [0.15, 0.2) is 48.7 Å². The number of rotatable bonds is 11. The van der Waals surface area contributed by atoms with Gasteiger partial charge in [0.2, 0.25) is 16.0 Å². The maximum Gasteiger partial charge on any atom is 0.320 e. The molecule has 2 aliphatic rings. The Balaban J connectivity index is 1.13. The zero-order chi connectivity index (χ0) is 35.3. The van der Waals surface area contributed by atoms with E-state index < -0.39 is 15.6 Å². The molecule has 2 aliphatic heterocycles. The molecule has 0 radical (unpaired) electrons. The summed E-state index contributed by atoms with van der Waals surface area (Å²) in [6.45, 7) is 12.7. The van der Waals surface area contributed by atoms with E-state index in [0.29, 0.717) is 40.4 Å². The summed E-state index contributed by atoms with van der Waals surface area (Å²) >= 11 is 13.2. The number of piperidine rings is 1. The van der Waals surface area contributed by atoms with Crippen LogP contribution in [-0.4, -0.2) is 105 Å². The molecule has 12 nitrogen and oxygen atoms in total. The Morgan fingerprint density at radius 2 is 1.63 bits per heavy atom. The molecule has 3 heterocycles. The van der Waals surface area contributed by atoms with Crippen molar-refractivity contribution < 1.29 is 17.9 Å². The second kappa shape index (κ2) is 15.7. The van der Waals surface area contributed by atoms with Crippen LogP contribution in [0.2, 0.25) is 10.0 Å². The minimum Gasteiger partial charge on any atom is -0.459 e. The standard InChI is InChI=1S/C34H46Cl2N8O4S/c1-34(2,3)48-31(45)23-43-18-16-42(17-19-43)22-24-12-14-44(15-13-24)25-10-11-28(26(35)20-25)39-33-37-21-27(36)32(40-33)38-29-8-6-7-9-30(29)41(4)49(5,46)47/h6-11,20-21,24H,12-19,22-23H2,1-5H3,(H2,37,38,39,40). The van der Waals surface area contributed by atoms with Gasteiger partial charge in [-0.3, -0.25) is 14.0 Å². The van der Waals surface area contributed by atoms with E-state index in [1.54, 1.807) is 24.3 Å². The SMILES string of the molecule is CN(c1ccccc1Nc1nc(Nc2ccc(N3CCC(CN4CCN(CC(=O)OC(C)(C)C)CC4)CC3)cc2Cl)ncc1Cl)S(C)(=O)=O. The molecule has 3 aromatic rings. The number of nitrogens with one attached hydrogen (secondary N) is 2. The summed E-state index contributed by atoms with van der Waals surface area (Å²) in [4.78, 5) is 28.1. The number of piperazine rings is 1. The fraction of sp³-hybridized carbons (Fsp3) is 0.500. The quantitative estimate of drug-likeness (QED) is 0.231. The highest BCUT2D eigenvalue weighted by atomic mass is 35.5. The molecule has 0 spiro atoms. The van der Waals surface area contributed by atoms with Crippen LogP contribution in [-0.2, 0) is 19.6 Å². The Bertz CT molecular complexity index is 1720. The molecular weight excluding hydrogens is 687 g/mol. The van der Waals surface area contributed by atoms with Crippen molar-refractivity contribution >= 4 is 73.7 Å². The van der Waals surface area contributed by atoms with Gasteiger partial charge in [-0.25, -0.2) is 13.4 Å². The Hall–Kier alpha value is -3.36. The predicted octanol–water partition coefficient (Wildman–Crippen LogP) is 5.84. The monoisotopic (exact) mass is 732 g/mol. The largest absolute Gasteiger partial charge is 0.459 e. The van der Waals surface area contributed by atoms with Gasteiger partial charge < -0.3 is 25.2 Å². The number of nitrogens with zero attached hydrogens (tertiary/aromatic N) is 6. The number of benzene rings is 2. The normalized spacial score (nSPS) is 16.8. The molecule has 2 N–H and O–H groups in total. The van der Waals surface area contributed by atoms with Gasteiger partial charge in [0.15, 0.2) is 5.82 Å². The number of hydrogen-bond acceptors (Lipinski definition) is 11. The Morgan fingerprint density at radius 1 is 0.959 bits per heavy atom. The average Bonchev–Trinajstić information content (AvgIpc) is 3.03. The predicted molar refractivity (Wildman–Crippen MR) is 198 cm³/mol. The van der Waals surface area contributed by atoms with E-state index in [2.05, 4.69) is 35.3 Å². The topological polar surface area (TPSA) is 123 Å². The fourth-order valence-electron chi connectivity index (χ4n) is 6.02. The number of esters is 1. The van der Waals surface area contributed by atoms with E-state index in [4.69, 9.17) is 27.9 Å². The van der Waals surface area contributed by atoms with Gasteiger partial charge in [-0.2, -0.15) is 4.98 Å². The van der Waals surface area contributed by atoms with Crippen LogP contribution >= 0.6 is 23.2 Å². The van der Waals surface area contributed by atoms with Gasteiger partial charge in [0, 0.05) is 58.5 Å². The Labute approximate surface area is 299 Å². The molecular formula is C34H46Cl2N8O4S. The first kappa shape index (κ1) is 36.9. The Kier molecular flexibility index (Phi) is 11.8. The number of halogens is 2. The van der Waals surface area contributed by atoms with Gasteiger partial charge in [-0.05, 0) is 69.9 Å². The average molecular weight is 734 g/mol. The smallest absolute Gasteiger partial charge is 0.320 e. The summed E-state index contributed by atoms with van der Waals surface area (Å²) in [7, 11) is -2.00. The van der Waals surface area contributed by atoms with Crippen molar-refractivity contribution in [3.8, 4) is 0 Å². The minimum atomic E-state index is -3.48. The first-order chi connectivity index (χ1) is 23.1. The molecule has 2 aromatic carbocycles. The highest BCUT2D eigenvalue weighted by molar-refractivity contribution is 7.92. The number of sulfonamides is 1. The lowest BCUT2D eigenvalue weighted by molar-refractivity contribution is -0.156. The van der Waals surface area contributed by atoms with Crippen LogP contribution in [0, 0.1) is 5.92 Å². The van der Waals surface area contributed by atoms with Crippen molar-refractivity contribution in [2.24, 2.45) is 5.92 Å². The fourth-order valence-corrected chi connectivity index (χ4v) is 6.90. The summed E-state index contributed by atoms with van der Waals surface area (Å²) in [5, 5.41) is 7.13. The first-order valence-electron chi connectivity index (χ1n) is 16.5. The number of hydrogen-bond donors (Lipinski definition) is 2. The molecule has 15 heteroatoms. The number of para-hydroxylation sites is 2. The molecule has 266 valence electrons. The molecule has 5 rings (SSSR count). The van der Waals surface area contributed by atoms with Crippen molar-refractivity contribution in [3.05, 3.63) is 58.7 Å². The lowest BCUT2D eigenvalue weighted by Crippen LogP contribution is -2.50. The number of anilines is 6. The number of aromatic nitrogens is 2. The molecule has 1 aromatic heterocycles.